The summed E-state index contributed by atoms with van der Waals surface area (Å²) < 4.78 is 18.5. The molecule has 0 bridgehead atoms. The third-order valence-corrected chi connectivity index (χ3v) is 3.62. The third kappa shape index (κ3) is 5.17. The Kier molecular flexibility index (Phi) is 5.72. The number of aldehydes is 1. The molecule has 1 amide bonds. The van der Waals surface area contributed by atoms with Crippen LogP contribution >= 0.6 is 0 Å². The molecule has 1 aliphatic rings. The Bertz CT molecular complexity index is 496. The Morgan fingerprint density at radius 1 is 1.24 bits per heavy atom. The van der Waals surface area contributed by atoms with E-state index in [4.69, 9.17) is 4.74 Å². The summed E-state index contributed by atoms with van der Waals surface area (Å²) >= 11 is 0. The highest BCUT2D eigenvalue weighted by molar-refractivity contribution is 5.78. The second-order valence-corrected chi connectivity index (χ2v) is 5.38. The molecule has 21 heavy (non-hydrogen) atoms. The molecule has 0 saturated heterocycles. The maximum atomic E-state index is 13.2. The van der Waals surface area contributed by atoms with Gasteiger partial charge in [-0.3, -0.25) is 9.59 Å². The summed E-state index contributed by atoms with van der Waals surface area (Å²) in [6.07, 6.45) is 7.27. The summed E-state index contributed by atoms with van der Waals surface area (Å²) in [5, 5.41) is 2.95. The van der Waals surface area contributed by atoms with E-state index in [2.05, 4.69) is 5.32 Å². The standard InChI is InChI=1S/C16H20FNO3/c17-13-7-12(10-19)8-15(9-13)21-11-16(20)18-14-5-3-1-2-4-6-14/h7-10,14H,1-6,11H2,(H,18,20). The van der Waals surface area contributed by atoms with Crippen molar-refractivity contribution >= 4 is 12.2 Å². The smallest absolute Gasteiger partial charge is 0.258 e. The molecule has 1 aromatic carbocycles. The lowest BCUT2D eigenvalue weighted by Crippen LogP contribution is -2.37. The number of nitrogens with one attached hydrogen (secondary N) is 1. The number of carbonyl (C=O) groups is 2. The lowest BCUT2D eigenvalue weighted by atomic mass is 10.1. The molecule has 1 aliphatic carbocycles. The van der Waals surface area contributed by atoms with Gasteiger partial charge in [-0.05, 0) is 25.0 Å². The van der Waals surface area contributed by atoms with Gasteiger partial charge in [0.1, 0.15) is 17.9 Å². The predicted octanol–water partition coefficient (Wildman–Crippen LogP) is 2.86. The quantitative estimate of drug-likeness (QED) is 0.671. The Labute approximate surface area is 123 Å². The Morgan fingerprint density at radius 2 is 1.95 bits per heavy atom. The number of rotatable bonds is 5. The normalized spacial score (nSPS) is 16.0. The predicted molar refractivity (Wildman–Crippen MR) is 76.9 cm³/mol. The molecule has 0 aliphatic heterocycles. The highest BCUT2D eigenvalue weighted by atomic mass is 19.1. The molecule has 1 saturated carbocycles. The van der Waals surface area contributed by atoms with E-state index in [0.29, 0.717) is 6.29 Å². The van der Waals surface area contributed by atoms with E-state index in [0.717, 1.165) is 37.8 Å². The molecule has 114 valence electrons. The molecule has 1 N–H and O–H groups in total. The van der Waals surface area contributed by atoms with Crippen LogP contribution in [0.15, 0.2) is 18.2 Å². The van der Waals surface area contributed by atoms with Gasteiger partial charge in [0.05, 0.1) is 0 Å². The molecule has 0 spiro atoms. The van der Waals surface area contributed by atoms with Crippen LogP contribution < -0.4 is 10.1 Å². The van der Waals surface area contributed by atoms with E-state index in [9.17, 15) is 14.0 Å². The number of hydrogen-bond acceptors (Lipinski definition) is 3. The van der Waals surface area contributed by atoms with Crippen molar-refractivity contribution in [2.75, 3.05) is 6.61 Å². The van der Waals surface area contributed by atoms with Crippen LogP contribution in [0.4, 0.5) is 4.39 Å². The maximum Gasteiger partial charge on any atom is 0.258 e. The van der Waals surface area contributed by atoms with Crippen molar-refractivity contribution in [2.24, 2.45) is 0 Å². The maximum absolute atomic E-state index is 13.2. The van der Waals surface area contributed by atoms with Crippen LogP contribution in [0.25, 0.3) is 0 Å². The lowest BCUT2D eigenvalue weighted by molar-refractivity contribution is -0.123. The summed E-state index contributed by atoms with van der Waals surface area (Å²) in [4.78, 5) is 22.5. The molecule has 0 unspecified atom stereocenters. The second-order valence-electron chi connectivity index (χ2n) is 5.38. The van der Waals surface area contributed by atoms with Gasteiger partial charge in [0, 0.05) is 17.7 Å². The Balaban J connectivity index is 1.83. The fraction of sp³-hybridized carbons (Fsp3) is 0.500. The van der Waals surface area contributed by atoms with Crippen LogP contribution in [-0.4, -0.2) is 24.8 Å². The fourth-order valence-electron chi connectivity index (χ4n) is 2.58. The highest BCUT2D eigenvalue weighted by Crippen LogP contribution is 2.18. The molecule has 2 rings (SSSR count). The highest BCUT2D eigenvalue weighted by Gasteiger charge is 2.15. The zero-order valence-corrected chi connectivity index (χ0v) is 11.9. The van der Waals surface area contributed by atoms with Crippen LogP contribution in [-0.2, 0) is 4.79 Å². The summed E-state index contributed by atoms with van der Waals surface area (Å²) in [5.41, 5.74) is 0.189. The largest absolute Gasteiger partial charge is 0.484 e. The number of ether oxygens (including phenoxy) is 1. The van der Waals surface area contributed by atoms with E-state index in [1.165, 1.54) is 18.9 Å². The van der Waals surface area contributed by atoms with E-state index in [-0.39, 0.29) is 29.9 Å². The number of hydrogen-bond donors (Lipinski definition) is 1. The van der Waals surface area contributed by atoms with Gasteiger partial charge in [-0.25, -0.2) is 4.39 Å². The van der Waals surface area contributed by atoms with Gasteiger partial charge in [-0.1, -0.05) is 25.7 Å². The van der Waals surface area contributed by atoms with Crippen molar-refractivity contribution in [3.05, 3.63) is 29.6 Å². The van der Waals surface area contributed by atoms with E-state index >= 15 is 0 Å². The molecule has 0 aromatic heterocycles. The van der Waals surface area contributed by atoms with Gasteiger partial charge in [0.15, 0.2) is 6.61 Å². The molecule has 5 heteroatoms. The molecule has 0 radical (unpaired) electrons. The first-order chi connectivity index (χ1) is 10.2. The van der Waals surface area contributed by atoms with Crippen LogP contribution in [0, 0.1) is 5.82 Å². The summed E-state index contributed by atoms with van der Waals surface area (Å²) in [6.45, 7) is -0.168. The van der Waals surface area contributed by atoms with Crippen LogP contribution in [0.5, 0.6) is 5.75 Å². The van der Waals surface area contributed by atoms with Crippen molar-refractivity contribution in [3.8, 4) is 5.75 Å². The molecule has 0 atom stereocenters. The minimum atomic E-state index is -0.557. The minimum Gasteiger partial charge on any atom is -0.484 e. The van der Waals surface area contributed by atoms with Crippen molar-refractivity contribution in [3.63, 3.8) is 0 Å². The number of benzene rings is 1. The van der Waals surface area contributed by atoms with Crippen LogP contribution in [0.2, 0.25) is 0 Å². The molecule has 0 heterocycles. The first-order valence-electron chi connectivity index (χ1n) is 7.35. The van der Waals surface area contributed by atoms with Crippen molar-refractivity contribution in [1.29, 1.82) is 0 Å². The minimum absolute atomic E-state index is 0.168. The third-order valence-electron chi connectivity index (χ3n) is 3.62. The van der Waals surface area contributed by atoms with E-state index in [1.807, 2.05) is 0 Å². The molecule has 4 nitrogen and oxygen atoms in total. The first kappa shape index (κ1) is 15.5. The first-order valence-corrected chi connectivity index (χ1v) is 7.35. The average molecular weight is 293 g/mol. The monoisotopic (exact) mass is 293 g/mol. The van der Waals surface area contributed by atoms with E-state index in [1.54, 1.807) is 0 Å². The van der Waals surface area contributed by atoms with Crippen molar-refractivity contribution < 1.29 is 18.7 Å². The van der Waals surface area contributed by atoms with E-state index < -0.39 is 5.82 Å². The van der Waals surface area contributed by atoms with Gasteiger partial charge in [-0.15, -0.1) is 0 Å². The lowest BCUT2D eigenvalue weighted by Gasteiger charge is -2.16. The van der Waals surface area contributed by atoms with Gasteiger partial charge in [0.2, 0.25) is 0 Å². The zero-order valence-electron chi connectivity index (χ0n) is 11.9. The summed E-state index contributed by atoms with van der Waals surface area (Å²) in [6, 6.07) is 3.90. The van der Waals surface area contributed by atoms with Crippen LogP contribution in [0.3, 0.4) is 0 Å². The summed E-state index contributed by atoms with van der Waals surface area (Å²) in [7, 11) is 0. The molecular weight excluding hydrogens is 273 g/mol. The van der Waals surface area contributed by atoms with Gasteiger partial charge in [-0.2, -0.15) is 0 Å². The fourth-order valence-corrected chi connectivity index (χ4v) is 2.58. The molecular formula is C16H20FNO3. The molecule has 1 aromatic rings. The SMILES string of the molecule is O=Cc1cc(F)cc(OCC(=O)NC2CCCCCC2)c1. The average Bonchev–Trinajstić information content (AvgIpc) is 2.73. The second kappa shape index (κ2) is 7.76. The topological polar surface area (TPSA) is 55.4 Å². The van der Waals surface area contributed by atoms with Crippen molar-refractivity contribution in [1.82, 2.24) is 5.32 Å². The number of halogens is 1. The Morgan fingerprint density at radius 3 is 2.62 bits per heavy atom. The van der Waals surface area contributed by atoms with Crippen LogP contribution in [0.1, 0.15) is 48.9 Å². The zero-order chi connectivity index (χ0) is 15.1. The van der Waals surface area contributed by atoms with Gasteiger partial charge >= 0.3 is 0 Å². The molecule has 1 fully saturated rings. The number of carbonyl (C=O) groups excluding carboxylic acids is 2. The summed E-state index contributed by atoms with van der Waals surface area (Å²) in [5.74, 6) is -0.578. The van der Waals surface area contributed by atoms with Gasteiger partial charge < -0.3 is 10.1 Å². The Hall–Kier alpha value is -1.91. The number of amides is 1. The van der Waals surface area contributed by atoms with Gasteiger partial charge in [0.25, 0.3) is 5.91 Å². The van der Waals surface area contributed by atoms with Crippen molar-refractivity contribution in [2.45, 2.75) is 44.6 Å².